The number of nitrogens with zero attached hydrogens (tertiary/aromatic N) is 1. The Kier molecular flexibility index (Phi) is 5.61. The zero-order valence-electron chi connectivity index (χ0n) is 10.5. The van der Waals surface area contributed by atoms with Gasteiger partial charge in [0.05, 0.1) is 9.82 Å². The van der Waals surface area contributed by atoms with Gasteiger partial charge in [0, 0.05) is 19.0 Å². The summed E-state index contributed by atoms with van der Waals surface area (Å²) in [5.41, 5.74) is -0.875. The normalized spacial score (nSPS) is 11.0. The van der Waals surface area contributed by atoms with Crippen molar-refractivity contribution in [3.8, 4) is 12.3 Å². The van der Waals surface area contributed by atoms with E-state index in [1.54, 1.807) is 0 Å². The van der Waals surface area contributed by atoms with Gasteiger partial charge >= 0.3 is 5.69 Å². The van der Waals surface area contributed by atoms with Crippen LogP contribution in [0.2, 0.25) is 0 Å². The average Bonchev–Trinajstić information content (AvgIpc) is 2.38. The van der Waals surface area contributed by atoms with Gasteiger partial charge in [-0.1, -0.05) is 0 Å². The van der Waals surface area contributed by atoms with Gasteiger partial charge in [-0.15, -0.1) is 12.3 Å². The molecule has 0 unspecified atom stereocenters. The third-order valence-corrected chi connectivity index (χ3v) is 3.92. The lowest BCUT2D eigenvalue weighted by Crippen LogP contribution is -2.24. The molecule has 0 bridgehead atoms. The highest BCUT2D eigenvalue weighted by atomic mass is 32.2. The molecule has 0 radical (unpaired) electrons. The molecule has 1 aromatic carbocycles. The second-order valence-corrected chi connectivity index (χ2v) is 5.70. The Labute approximate surface area is 116 Å². The molecule has 0 spiro atoms. The average molecular weight is 300 g/mol. The number of hydrogen-bond donors (Lipinski definition) is 1. The van der Waals surface area contributed by atoms with Crippen molar-refractivity contribution in [1.29, 1.82) is 0 Å². The van der Waals surface area contributed by atoms with Gasteiger partial charge in [-0.25, -0.2) is 13.1 Å². The van der Waals surface area contributed by atoms with Crippen molar-refractivity contribution in [3.63, 3.8) is 0 Å². The number of unbranched alkanes of at least 4 members (excludes halogenated alkanes) is 2. The van der Waals surface area contributed by atoms with Crippen molar-refractivity contribution in [2.24, 2.45) is 0 Å². The second-order valence-electron chi connectivity index (χ2n) is 3.93. The zero-order valence-corrected chi connectivity index (χ0v) is 11.3. The Morgan fingerprint density at radius 1 is 1.40 bits per heavy atom. The van der Waals surface area contributed by atoms with E-state index in [9.17, 15) is 22.9 Å². The fraction of sp³-hybridized carbons (Fsp3) is 0.333. The minimum atomic E-state index is -3.89. The van der Waals surface area contributed by atoms with Crippen molar-refractivity contribution in [3.05, 3.63) is 34.1 Å². The monoisotopic (exact) mass is 300 g/mol. The van der Waals surface area contributed by atoms with Gasteiger partial charge in [0.1, 0.15) is 0 Å². The van der Waals surface area contributed by atoms with Gasteiger partial charge in [0.25, 0.3) is 0 Å². The van der Waals surface area contributed by atoms with E-state index >= 15 is 0 Å². The summed E-state index contributed by atoms with van der Waals surface area (Å²) >= 11 is 0. The predicted octanol–water partition coefficient (Wildman–Crippen LogP) is 1.82. The second kappa shape index (κ2) is 6.98. The first-order valence-corrected chi connectivity index (χ1v) is 7.24. The van der Waals surface area contributed by atoms with Crippen LogP contribution in [0.3, 0.4) is 0 Å². The Morgan fingerprint density at radius 2 is 2.10 bits per heavy atom. The molecule has 0 fully saturated rings. The summed E-state index contributed by atoms with van der Waals surface area (Å²) < 4.78 is 39.1. The molecule has 0 aliphatic heterocycles. The quantitative estimate of drug-likeness (QED) is 0.360. The molecule has 0 atom stereocenters. The lowest BCUT2D eigenvalue weighted by molar-refractivity contribution is -0.387. The van der Waals surface area contributed by atoms with Gasteiger partial charge in [-0.3, -0.25) is 10.1 Å². The Balaban J connectivity index is 2.80. The molecule has 0 aliphatic carbocycles. The van der Waals surface area contributed by atoms with Crippen LogP contribution in [0, 0.1) is 28.3 Å². The number of nitro groups is 1. The molecule has 1 N–H and O–H groups in total. The fourth-order valence-electron chi connectivity index (χ4n) is 1.44. The summed E-state index contributed by atoms with van der Waals surface area (Å²) in [5, 5.41) is 10.6. The Bertz CT molecular complexity index is 637. The molecule has 20 heavy (non-hydrogen) atoms. The SMILES string of the molecule is C#CCCCCNS(=O)(=O)c1ccc(F)c([N+](=O)[O-])c1. The van der Waals surface area contributed by atoms with Crippen molar-refractivity contribution < 1.29 is 17.7 Å². The standard InChI is InChI=1S/C12H13FN2O4S/c1-2-3-4-5-8-14-20(18,19)10-6-7-11(13)12(9-10)15(16)17/h1,6-7,9,14H,3-5,8H2. The highest BCUT2D eigenvalue weighted by Gasteiger charge is 2.20. The van der Waals surface area contributed by atoms with Crippen molar-refractivity contribution in [1.82, 2.24) is 4.72 Å². The van der Waals surface area contributed by atoms with Crippen molar-refractivity contribution in [2.45, 2.75) is 24.2 Å². The number of hydrogen-bond acceptors (Lipinski definition) is 4. The van der Waals surface area contributed by atoms with Crippen LogP contribution in [0.4, 0.5) is 10.1 Å². The Hall–Kier alpha value is -1.98. The van der Waals surface area contributed by atoms with E-state index in [1.807, 2.05) is 0 Å². The maximum absolute atomic E-state index is 13.1. The molecule has 1 rings (SSSR count). The van der Waals surface area contributed by atoms with Gasteiger partial charge in [0.15, 0.2) is 0 Å². The summed E-state index contributed by atoms with van der Waals surface area (Å²) in [6.07, 6.45) is 6.82. The number of rotatable bonds is 7. The minimum absolute atomic E-state index is 0.162. The van der Waals surface area contributed by atoms with Crippen molar-refractivity contribution in [2.75, 3.05) is 6.54 Å². The number of nitrogens with one attached hydrogen (secondary N) is 1. The van der Waals surface area contributed by atoms with Gasteiger partial charge in [-0.05, 0) is 25.0 Å². The molecular formula is C12H13FN2O4S. The number of sulfonamides is 1. The molecule has 0 heterocycles. The van der Waals surface area contributed by atoms with Gasteiger partial charge in [-0.2, -0.15) is 4.39 Å². The first-order valence-electron chi connectivity index (χ1n) is 5.75. The van der Waals surface area contributed by atoms with E-state index in [0.717, 1.165) is 12.1 Å². The molecule has 0 saturated carbocycles. The van der Waals surface area contributed by atoms with Gasteiger partial charge in [0.2, 0.25) is 15.8 Å². The topological polar surface area (TPSA) is 89.3 Å². The number of halogens is 1. The lowest BCUT2D eigenvalue weighted by Gasteiger charge is -2.06. The summed E-state index contributed by atoms with van der Waals surface area (Å²) in [6.45, 7) is 0.162. The molecule has 1 aromatic rings. The van der Waals surface area contributed by atoms with Crippen LogP contribution < -0.4 is 4.72 Å². The largest absolute Gasteiger partial charge is 0.306 e. The van der Waals surface area contributed by atoms with Gasteiger partial charge < -0.3 is 0 Å². The summed E-state index contributed by atoms with van der Waals surface area (Å²) in [4.78, 5) is 9.25. The van der Waals surface area contributed by atoms with Crippen LogP contribution in [0.15, 0.2) is 23.1 Å². The third-order valence-electron chi connectivity index (χ3n) is 2.46. The van der Waals surface area contributed by atoms with E-state index in [0.29, 0.717) is 25.3 Å². The highest BCUT2D eigenvalue weighted by Crippen LogP contribution is 2.21. The Morgan fingerprint density at radius 3 is 2.70 bits per heavy atom. The molecular weight excluding hydrogens is 287 g/mol. The highest BCUT2D eigenvalue weighted by molar-refractivity contribution is 7.89. The molecule has 0 saturated heterocycles. The summed E-state index contributed by atoms with van der Waals surface area (Å²) in [7, 11) is -3.89. The number of terminal acetylenes is 1. The number of benzene rings is 1. The summed E-state index contributed by atoms with van der Waals surface area (Å²) in [6, 6.07) is 2.43. The number of nitro benzene ring substituents is 1. The molecule has 108 valence electrons. The first kappa shape index (κ1) is 16.1. The summed E-state index contributed by atoms with van der Waals surface area (Å²) in [5.74, 6) is 1.35. The van der Waals surface area contributed by atoms with E-state index in [1.165, 1.54) is 0 Å². The third kappa shape index (κ3) is 4.29. The van der Waals surface area contributed by atoms with E-state index < -0.39 is 26.5 Å². The molecule has 0 amide bonds. The first-order chi connectivity index (χ1) is 9.38. The minimum Gasteiger partial charge on any atom is -0.258 e. The van der Waals surface area contributed by atoms with E-state index in [-0.39, 0.29) is 11.4 Å². The van der Waals surface area contributed by atoms with Crippen LogP contribution in [0.1, 0.15) is 19.3 Å². The van der Waals surface area contributed by atoms with Crippen molar-refractivity contribution >= 4 is 15.7 Å². The molecule has 0 aromatic heterocycles. The zero-order chi connectivity index (χ0) is 15.2. The maximum atomic E-state index is 13.1. The van der Waals surface area contributed by atoms with Crippen LogP contribution >= 0.6 is 0 Å². The predicted molar refractivity (Wildman–Crippen MR) is 70.9 cm³/mol. The van der Waals surface area contributed by atoms with Crippen LogP contribution in [-0.2, 0) is 10.0 Å². The fourth-order valence-corrected chi connectivity index (χ4v) is 2.54. The van der Waals surface area contributed by atoms with Crippen LogP contribution in [0.25, 0.3) is 0 Å². The molecule has 0 aliphatic rings. The van der Waals surface area contributed by atoms with E-state index in [2.05, 4.69) is 10.6 Å². The van der Waals surface area contributed by atoms with E-state index in [4.69, 9.17) is 6.42 Å². The van der Waals surface area contributed by atoms with Crippen LogP contribution in [0.5, 0.6) is 0 Å². The lowest BCUT2D eigenvalue weighted by atomic mass is 10.2. The van der Waals surface area contributed by atoms with Crippen LogP contribution in [-0.4, -0.2) is 19.9 Å². The maximum Gasteiger partial charge on any atom is 0.306 e. The molecule has 8 heteroatoms. The smallest absolute Gasteiger partial charge is 0.258 e. The molecule has 6 nitrogen and oxygen atoms in total.